The highest BCUT2D eigenvalue weighted by Gasteiger charge is 2.34. The number of likely N-dealkylation sites (N-methyl/N-ethyl adjacent to an activating group) is 1. The van der Waals surface area contributed by atoms with Crippen LogP contribution in [0.4, 0.5) is 0 Å². The maximum Gasteiger partial charge on any atom is 0.254 e. The summed E-state index contributed by atoms with van der Waals surface area (Å²) < 4.78 is 0. The van der Waals surface area contributed by atoms with Gasteiger partial charge in [0.15, 0.2) is 0 Å². The predicted molar refractivity (Wildman–Crippen MR) is 153 cm³/mol. The quantitative estimate of drug-likeness (QED) is 0.328. The van der Waals surface area contributed by atoms with Crippen molar-refractivity contribution in [3.05, 3.63) is 105 Å². The maximum atomic E-state index is 13.0. The Kier molecular flexibility index (Phi) is 8.37. The standard InChI is InChI=1S/C31H33Cl2N3O2/c1-34(30(37)22-7-3-2-4-8-22)20-24(23-11-12-28(32)29(33)19-23)13-16-35-17-14-26(15-18-35)36-21-25-9-5-6-10-27(25)31(36)38/h2-12,19,24,26H,13-18,20-21H2,1H3. The second-order valence-corrected chi connectivity index (χ2v) is 11.2. The number of fused-ring (bicyclic) bond motifs is 1. The van der Waals surface area contributed by atoms with Crippen molar-refractivity contribution < 1.29 is 9.59 Å². The van der Waals surface area contributed by atoms with Crippen LogP contribution in [-0.4, -0.2) is 65.8 Å². The second kappa shape index (κ2) is 11.9. The van der Waals surface area contributed by atoms with E-state index in [0.29, 0.717) is 22.2 Å². The molecule has 0 bridgehead atoms. The molecular weight excluding hydrogens is 517 g/mol. The molecule has 38 heavy (non-hydrogen) atoms. The summed E-state index contributed by atoms with van der Waals surface area (Å²) in [5.41, 5.74) is 3.76. The third kappa shape index (κ3) is 5.90. The number of piperidine rings is 1. The molecule has 3 aromatic rings. The average molecular weight is 551 g/mol. The summed E-state index contributed by atoms with van der Waals surface area (Å²) in [7, 11) is 1.86. The average Bonchev–Trinajstić information content (AvgIpc) is 3.29. The van der Waals surface area contributed by atoms with E-state index in [0.717, 1.165) is 62.1 Å². The van der Waals surface area contributed by atoms with Crippen LogP contribution >= 0.6 is 23.2 Å². The van der Waals surface area contributed by atoms with Crippen molar-refractivity contribution in [1.29, 1.82) is 0 Å². The highest BCUT2D eigenvalue weighted by atomic mass is 35.5. The minimum atomic E-state index is 0.00718. The van der Waals surface area contributed by atoms with Crippen LogP contribution in [0.3, 0.4) is 0 Å². The molecule has 0 N–H and O–H groups in total. The predicted octanol–water partition coefficient (Wildman–Crippen LogP) is 6.36. The van der Waals surface area contributed by atoms with Crippen LogP contribution in [0.25, 0.3) is 0 Å². The molecule has 0 aliphatic carbocycles. The van der Waals surface area contributed by atoms with E-state index in [4.69, 9.17) is 23.2 Å². The molecule has 2 heterocycles. The highest BCUT2D eigenvalue weighted by Crippen LogP contribution is 2.31. The van der Waals surface area contributed by atoms with Crippen LogP contribution in [0.2, 0.25) is 10.0 Å². The summed E-state index contributed by atoms with van der Waals surface area (Å²) in [6.45, 7) is 4.14. The highest BCUT2D eigenvalue weighted by molar-refractivity contribution is 6.42. The molecule has 198 valence electrons. The van der Waals surface area contributed by atoms with E-state index in [2.05, 4.69) is 15.9 Å². The lowest BCUT2D eigenvalue weighted by Crippen LogP contribution is -2.45. The smallest absolute Gasteiger partial charge is 0.254 e. The number of nitrogens with zero attached hydrogens (tertiary/aromatic N) is 3. The summed E-state index contributed by atoms with van der Waals surface area (Å²) >= 11 is 12.6. The van der Waals surface area contributed by atoms with E-state index in [1.807, 2.05) is 73.8 Å². The van der Waals surface area contributed by atoms with Gasteiger partial charge in [0.1, 0.15) is 0 Å². The van der Waals surface area contributed by atoms with Crippen LogP contribution in [0, 0.1) is 0 Å². The fourth-order valence-corrected chi connectivity index (χ4v) is 6.02. The molecule has 1 unspecified atom stereocenters. The molecule has 1 fully saturated rings. The monoisotopic (exact) mass is 549 g/mol. The normalized spacial score (nSPS) is 16.9. The lowest BCUT2D eigenvalue weighted by Gasteiger charge is -2.37. The number of hydrogen-bond acceptors (Lipinski definition) is 3. The molecule has 0 radical (unpaired) electrons. The minimum absolute atomic E-state index is 0.00718. The molecule has 2 aliphatic heterocycles. The first-order chi connectivity index (χ1) is 18.4. The summed E-state index contributed by atoms with van der Waals surface area (Å²) in [4.78, 5) is 32.3. The Morgan fingerprint density at radius 1 is 0.974 bits per heavy atom. The first-order valence-electron chi connectivity index (χ1n) is 13.3. The van der Waals surface area contributed by atoms with E-state index < -0.39 is 0 Å². The molecule has 0 aromatic heterocycles. The number of carbonyl (C=O) groups is 2. The van der Waals surface area contributed by atoms with Crippen molar-refractivity contribution in [3.8, 4) is 0 Å². The van der Waals surface area contributed by atoms with Gasteiger partial charge in [-0.2, -0.15) is 0 Å². The minimum Gasteiger partial charge on any atom is -0.341 e. The molecule has 1 saturated heterocycles. The van der Waals surface area contributed by atoms with E-state index in [9.17, 15) is 9.59 Å². The fraction of sp³-hybridized carbons (Fsp3) is 0.355. The number of benzene rings is 3. The lowest BCUT2D eigenvalue weighted by molar-refractivity contribution is 0.0591. The molecule has 5 nitrogen and oxygen atoms in total. The van der Waals surface area contributed by atoms with Crippen molar-refractivity contribution in [2.75, 3.05) is 33.2 Å². The zero-order valence-corrected chi connectivity index (χ0v) is 23.2. The Bertz CT molecular complexity index is 1290. The number of carbonyl (C=O) groups excluding carboxylic acids is 2. The zero-order chi connectivity index (χ0) is 26.6. The van der Waals surface area contributed by atoms with Gasteiger partial charge in [-0.05, 0) is 67.3 Å². The first kappa shape index (κ1) is 26.7. The Balaban J connectivity index is 1.20. The fourth-order valence-electron chi connectivity index (χ4n) is 5.71. The van der Waals surface area contributed by atoms with E-state index in [1.54, 1.807) is 4.90 Å². The molecule has 7 heteroatoms. The van der Waals surface area contributed by atoms with Gasteiger partial charge in [0, 0.05) is 56.3 Å². The van der Waals surface area contributed by atoms with Crippen molar-refractivity contribution in [2.24, 2.45) is 0 Å². The number of halogens is 2. The number of hydrogen-bond donors (Lipinski definition) is 0. The third-order valence-electron chi connectivity index (χ3n) is 7.92. The Morgan fingerprint density at radius 2 is 1.68 bits per heavy atom. The largest absolute Gasteiger partial charge is 0.341 e. The number of amides is 2. The maximum absolute atomic E-state index is 13.0. The van der Waals surface area contributed by atoms with Crippen molar-refractivity contribution in [1.82, 2.24) is 14.7 Å². The van der Waals surface area contributed by atoms with Gasteiger partial charge < -0.3 is 14.7 Å². The second-order valence-electron chi connectivity index (χ2n) is 10.4. The van der Waals surface area contributed by atoms with Gasteiger partial charge in [-0.25, -0.2) is 0 Å². The van der Waals surface area contributed by atoms with Crippen molar-refractivity contribution in [3.63, 3.8) is 0 Å². The van der Waals surface area contributed by atoms with Gasteiger partial charge in [-0.1, -0.05) is 65.7 Å². The third-order valence-corrected chi connectivity index (χ3v) is 8.66. The van der Waals surface area contributed by atoms with Crippen molar-refractivity contribution in [2.45, 2.75) is 37.8 Å². The Morgan fingerprint density at radius 3 is 2.39 bits per heavy atom. The lowest BCUT2D eigenvalue weighted by atomic mass is 9.94. The van der Waals surface area contributed by atoms with Crippen LogP contribution in [0.5, 0.6) is 0 Å². The topological polar surface area (TPSA) is 43.9 Å². The summed E-state index contributed by atoms with van der Waals surface area (Å²) in [6.07, 6.45) is 2.84. The molecule has 0 saturated carbocycles. The van der Waals surface area contributed by atoms with Crippen LogP contribution in [-0.2, 0) is 6.54 Å². The molecule has 2 aliphatic rings. The van der Waals surface area contributed by atoms with Gasteiger partial charge in [-0.15, -0.1) is 0 Å². The van der Waals surface area contributed by atoms with Gasteiger partial charge in [0.05, 0.1) is 10.0 Å². The van der Waals surface area contributed by atoms with Gasteiger partial charge >= 0.3 is 0 Å². The molecule has 2 amide bonds. The molecular formula is C31H33Cl2N3O2. The van der Waals surface area contributed by atoms with Crippen LogP contribution in [0.15, 0.2) is 72.8 Å². The zero-order valence-electron chi connectivity index (χ0n) is 21.7. The molecule has 1 atom stereocenters. The van der Waals surface area contributed by atoms with Gasteiger partial charge in [0.2, 0.25) is 0 Å². The summed E-state index contributed by atoms with van der Waals surface area (Å²) in [5, 5.41) is 1.06. The van der Waals surface area contributed by atoms with E-state index in [1.165, 1.54) is 0 Å². The van der Waals surface area contributed by atoms with E-state index >= 15 is 0 Å². The molecule has 5 rings (SSSR count). The molecule has 0 spiro atoms. The van der Waals surface area contributed by atoms with Gasteiger partial charge in [-0.3, -0.25) is 9.59 Å². The molecule has 3 aromatic carbocycles. The van der Waals surface area contributed by atoms with Crippen molar-refractivity contribution >= 4 is 35.0 Å². The van der Waals surface area contributed by atoms with Crippen LogP contribution in [0.1, 0.15) is 57.0 Å². The first-order valence-corrected chi connectivity index (χ1v) is 14.0. The summed E-state index contributed by atoms with van der Waals surface area (Å²) in [6, 6.07) is 23.4. The van der Waals surface area contributed by atoms with Gasteiger partial charge in [0.25, 0.3) is 11.8 Å². The number of rotatable bonds is 8. The SMILES string of the molecule is CN(CC(CCN1CCC(N2Cc3ccccc3C2=O)CC1)c1ccc(Cl)c(Cl)c1)C(=O)c1ccccc1. The summed E-state index contributed by atoms with van der Waals surface area (Å²) in [5.74, 6) is 0.299. The Hall–Kier alpha value is -2.86. The van der Waals surface area contributed by atoms with E-state index in [-0.39, 0.29) is 23.8 Å². The number of likely N-dealkylation sites (tertiary alicyclic amines) is 1. The Labute approximate surface area is 234 Å². The van der Waals surface area contributed by atoms with Crippen LogP contribution < -0.4 is 0 Å².